The summed E-state index contributed by atoms with van der Waals surface area (Å²) in [5.74, 6) is -0.253. The SMILES string of the molecule is O=C(Nc1ccc(Br)cc1)N[C@H]1CCN2C(=O)N(c3ccc(Br)cc3)C(=O)[C@@H]2C1. The summed E-state index contributed by atoms with van der Waals surface area (Å²) >= 11 is 6.71. The minimum atomic E-state index is -0.558. The van der Waals surface area contributed by atoms with E-state index in [1.165, 1.54) is 4.90 Å². The summed E-state index contributed by atoms with van der Waals surface area (Å²) in [5, 5.41) is 5.70. The van der Waals surface area contributed by atoms with Crippen LogP contribution in [0.2, 0.25) is 0 Å². The molecule has 0 aliphatic carbocycles. The molecule has 2 N–H and O–H groups in total. The van der Waals surface area contributed by atoms with E-state index in [0.29, 0.717) is 30.8 Å². The van der Waals surface area contributed by atoms with Gasteiger partial charge in [-0.2, -0.15) is 0 Å². The first kappa shape index (κ1) is 19.9. The van der Waals surface area contributed by atoms with Crippen molar-refractivity contribution in [2.45, 2.75) is 24.9 Å². The van der Waals surface area contributed by atoms with Crippen molar-refractivity contribution in [1.29, 1.82) is 0 Å². The van der Waals surface area contributed by atoms with Gasteiger partial charge in [-0.1, -0.05) is 31.9 Å². The molecular weight excluding hydrogens is 504 g/mol. The molecule has 2 heterocycles. The molecule has 5 amide bonds. The highest BCUT2D eigenvalue weighted by Crippen LogP contribution is 2.31. The fraction of sp³-hybridized carbons (Fsp3) is 0.250. The molecule has 0 unspecified atom stereocenters. The molecule has 2 aromatic rings. The number of piperidine rings is 1. The third-order valence-electron chi connectivity index (χ3n) is 5.07. The van der Waals surface area contributed by atoms with E-state index in [9.17, 15) is 14.4 Å². The number of carbonyl (C=O) groups is 3. The van der Waals surface area contributed by atoms with E-state index in [1.54, 1.807) is 41.3 Å². The topological polar surface area (TPSA) is 81.8 Å². The maximum Gasteiger partial charge on any atom is 0.332 e. The van der Waals surface area contributed by atoms with Crippen molar-refractivity contribution in [2.24, 2.45) is 0 Å². The Hall–Kier alpha value is -2.39. The van der Waals surface area contributed by atoms with Crippen LogP contribution in [0.4, 0.5) is 21.0 Å². The van der Waals surface area contributed by atoms with Crippen LogP contribution in [0.3, 0.4) is 0 Å². The molecule has 2 saturated heterocycles. The lowest BCUT2D eigenvalue weighted by Gasteiger charge is -2.32. The van der Waals surface area contributed by atoms with Crippen LogP contribution in [0.1, 0.15) is 12.8 Å². The summed E-state index contributed by atoms with van der Waals surface area (Å²) in [4.78, 5) is 40.8. The Balaban J connectivity index is 1.40. The van der Waals surface area contributed by atoms with Crippen molar-refractivity contribution in [3.63, 3.8) is 0 Å². The number of carbonyl (C=O) groups excluding carboxylic acids is 3. The van der Waals surface area contributed by atoms with Crippen LogP contribution in [0.25, 0.3) is 0 Å². The van der Waals surface area contributed by atoms with Gasteiger partial charge in [0.25, 0.3) is 5.91 Å². The first-order valence-electron chi connectivity index (χ1n) is 9.15. The number of hydrogen-bond donors (Lipinski definition) is 2. The number of imide groups is 1. The van der Waals surface area contributed by atoms with E-state index in [4.69, 9.17) is 0 Å². The van der Waals surface area contributed by atoms with E-state index >= 15 is 0 Å². The highest BCUT2D eigenvalue weighted by Gasteiger charge is 2.48. The molecular formula is C20H18Br2N4O3. The van der Waals surface area contributed by atoms with Crippen molar-refractivity contribution in [3.05, 3.63) is 57.5 Å². The average molecular weight is 522 g/mol. The number of nitrogens with zero attached hydrogens (tertiary/aromatic N) is 2. The lowest BCUT2D eigenvalue weighted by Crippen LogP contribution is -2.50. The Bertz CT molecular complexity index is 949. The van der Waals surface area contributed by atoms with Crippen LogP contribution in [-0.4, -0.2) is 41.5 Å². The van der Waals surface area contributed by atoms with Crippen molar-refractivity contribution in [1.82, 2.24) is 10.2 Å². The molecule has 0 aromatic heterocycles. The first-order chi connectivity index (χ1) is 13.9. The van der Waals surface area contributed by atoms with Crippen molar-refractivity contribution >= 4 is 61.2 Å². The van der Waals surface area contributed by atoms with Crippen molar-refractivity contribution < 1.29 is 14.4 Å². The molecule has 0 spiro atoms. The van der Waals surface area contributed by atoms with Gasteiger partial charge in [-0.3, -0.25) is 4.79 Å². The summed E-state index contributed by atoms with van der Waals surface area (Å²) in [6, 6.07) is 13.0. The molecule has 0 bridgehead atoms. The normalized spacial score (nSPS) is 21.2. The van der Waals surface area contributed by atoms with Gasteiger partial charge in [0, 0.05) is 27.2 Å². The van der Waals surface area contributed by atoms with Gasteiger partial charge in [0.05, 0.1) is 5.69 Å². The van der Waals surface area contributed by atoms with Gasteiger partial charge in [-0.15, -0.1) is 0 Å². The number of anilines is 2. The second-order valence-corrected chi connectivity index (χ2v) is 8.80. The van der Waals surface area contributed by atoms with E-state index in [0.717, 1.165) is 8.95 Å². The lowest BCUT2D eigenvalue weighted by atomic mass is 9.98. The van der Waals surface area contributed by atoms with Crippen LogP contribution in [-0.2, 0) is 4.79 Å². The zero-order valence-corrected chi connectivity index (χ0v) is 18.4. The quantitative estimate of drug-likeness (QED) is 0.590. The molecule has 2 fully saturated rings. The number of rotatable bonds is 3. The summed E-state index contributed by atoms with van der Waals surface area (Å²) < 4.78 is 1.80. The van der Waals surface area contributed by atoms with E-state index in [-0.39, 0.29) is 24.0 Å². The van der Waals surface area contributed by atoms with E-state index in [2.05, 4.69) is 42.5 Å². The third kappa shape index (κ3) is 4.16. The predicted molar refractivity (Wildman–Crippen MR) is 117 cm³/mol. The van der Waals surface area contributed by atoms with Gasteiger partial charge in [-0.05, 0) is 61.4 Å². The Morgan fingerprint density at radius 3 is 2.24 bits per heavy atom. The minimum absolute atomic E-state index is 0.187. The minimum Gasteiger partial charge on any atom is -0.335 e. The number of halogens is 2. The molecule has 2 aliphatic rings. The molecule has 29 heavy (non-hydrogen) atoms. The number of urea groups is 2. The van der Waals surface area contributed by atoms with Crippen LogP contribution in [0.5, 0.6) is 0 Å². The molecule has 2 aromatic carbocycles. The maximum atomic E-state index is 12.9. The standard InChI is InChI=1S/C20H18Br2N4O3/c21-12-1-5-14(6-2-12)23-19(28)24-15-9-10-25-17(11-15)18(27)26(20(25)29)16-7-3-13(22)4-8-16/h1-8,15,17H,9-11H2,(H2,23,24,28)/t15-,17-/m0/s1. The summed E-state index contributed by atoms with van der Waals surface area (Å²) in [6.07, 6.45) is 0.989. The Kier molecular flexibility index (Phi) is 5.60. The average Bonchev–Trinajstić information content (AvgIpc) is 2.94. The number of hydrogen-bond acceptors (Lipinski definition) is 3. The van der Waals surface area contributed by atoms with Gasteiger partial charge in [-0.25, -0.2) is 14.5 Å². The summed E-state index contributed by atoms with van der Waals surface area (Å²) in [7, 11) is 0. The zero-order chi connectivity index (χ0) is 20.5. The number of amides is 5. The highest BCUT2D eigenvalue weighted by molar-refractivity contribution is 9.10. The molecule has 150 valence electrons. The van der Waals surface area contributed by atoms with Crippen molar-refractivity contribution in [3.8, 4) is 0 Å². The van der Waals surface area contributed by atoms with E-state index < -0.39 is 6.04 Å². The summed E-state index contributed by atoms with van der Waals surface area (Å²) in [6.45, 7) is 0.422. The highest BCUT2D eigenvalue weighted by atomic mass is 79.9. The smallest absolute Gasteiger partial charge is 0.332 e. The number of fused-ring (bicyclic) bond motifs is 1. The summed E-state index contributed by atoms with van der Waals surface area (Å²) in [5.41, 5.74) is 1.23. The Morgan fingerprint density at radius 1 is 0.966 bits per heavy atom. The predicted octanol–water partition coefficient (Wildman–Crippen LogP) is 4.33. The molecule has 2 aliphatic heterocycles. The second kappa shape index (κ2) is 8.16. The van der Waals surface area contributed by atoms with Crippen LogP contribution in [0, 0.1) is 0 Å². The lowest BCUT2D eigenvalue weighted by molar-refractivity contribution is -0.120. The molecule has 7 nitrogen and oxygen atoms in total. The number of benzene rings is 2. The molecule has 0 radical (unpaired) electrons. The molecule has 9 heteroatoms. The van der Waals surface area contributed by atoms with Crippen LogP contribution < -0.4 is 15.5 Å². The molecule has 0 saturated carbocycles. The molecule has 2 atom stereocenters. The Morgan fingerprint density at radius 2 is 1.59 bits per heavy atom. The largest absolute Gasteiger partial charge is 0.335 e. The zero-order valence-electron chi connectivity index (χ0n) is 15.3. The van der Waals surface area contributed by atoms with Gasteiger partial charge in [0.2, 0.25) is 0 Å². The van der Waals surface area contributed by atoms with Gasteiger partial charge in [0.15, 0.2) is 0 Å². The van der Waals surface area contributed by atoms with Gasteiger partial charge in [0.1, 0.15) is 6.04 Å². The van der Waals surface area contributed by atoms with E-state index in [1.807, 2.05) is 12.1 Å². The first-order valence-corrected chi connectivity index (χ1v) is 10.7. The van der Waals surface area contributed by atoms with Gasteiger partial charge < -0.3 is 15.5 Å². The second-order valence-electron chi connectivity index (χ2n) is 6.97. The monoisotopic (exact) mass is 520 g/mol. The van der Waals surface area contributed by atoms with Crippen LogP contribution in [0.15, 0.2) is 57.5 Å². The fourth-order valence-corrected chi connectivity index (χ4v) is 4.17. The van der Waals surface area contributed by atoms with Gasteiger partial charge >= 0.3 is 12.1 Å². The van der Waals surface area contributed by atoms with Crippen molar-refractivity contribution in [2.75, 3.05) is 16.8 Å². The fourth-order valence-electron chi connectivity index (χ4n) is 3.64. The third-order valence-corrected chi connectivity index (χ3v) is 6.12. The number of nitrogens with one attached hydrogen (secondary N) is 2. The maximum absolute atomic E-state index is 12.9. The molecule has 4 rings (SSSR count). The Labute approximate surface area is 184 Å². The van der Waals surface area contributed by atoms with Crippen LogP contribution >= 0.6 is 31.9 Å².